The summed E-state index contributed by atoms with van der Waals surface area (Å²) < 4.78 is 1.63. The Balaban J connectivity index is 2.77. The molecule has 0 aliphatic carbocycles. The van der Waals surface area contributed by atoms with Crippen molar-refractivity contribution in [2.45, 2.75) is 0 Å². The van der Waals surface area contributed by atoms with Crippen molar-refractivity contribution in [2.24, 2.45) is 0 Å². The van der Waals surface area contributed by atoms with Crippen LogP contribution in [0.5, 0.6) is 0 Å². The molecular weight excluding hydrogens is 186 g/mol. The van der Waals surface area contributed by atoms with Crippen LogP contribution in [0.4, 0.5) is 0 Å². The molecule has 1 aromatic rings. The Kier molecular flexibility index (Phi) is 3.84. The average molecular weight is 195 g/mol. The molecule has 1 heterocycles. The number of hydrogen-bond acceptors (Lipinski definition) is 2. The number of rotatable bonds is 4. The van der Waals surface area contributed by atoms with Gasteiger partial charge in [-0.1, -0.05) is 36.6 Å². The summed E-state index contributed by atoms with van der Waals surface area (Å²) in [6.07, 6.45) is 7.62. The Labute approximate surface area is 81.6 Å². The van der Waals surface area contributed by atoms with Gasteiger partial charge in [0.15, 0.2) is 0 Å². The third-order valence-corrected chi connectivity index (χ3v) is 2.26. The Morgan fingerprint density at radius 3 is 3.00 bits per heavy atom. The van der Waals surface area contributed by atoms with Gasteiger partial charge in [-0.3, -0.25) is 0 Å². The van der Waals surface area contributed by atoms with Gasteiger partial charge in [-0.15, -0.1) is 0 Å². The second kappa shape index (κ2) is 4.95. The molecule has 0 aliphatic heterocycles. The second-order valence-corrected chi connectivity index (χ2v) is 3.59. The van der Waals surface area contributed by atoms with E-state index in [-0.39, 0.29) is 0 Å². The molecule has 0 radical (unpaired) electrons. The molecule has 12 heavy (non-hydrogen) atoms. The third-order valence-electron chi connectivity index (χ3n) is 1.32. The maximum atomic E-state index is 4.73. The number of thiocarbonyl (C=S) groups is 1. The molecular formula is C9H9NS2. The van der Waals surface area contributed by atoms with Crippen LogP contribution in [0, 0.1) is 0 Å². The first-order chi connectivity index (χ1) is 5.86. The van der Waals surface area contributed by atoms with Gasteiger partial charge in [0.25, 0.3) is 0 Å². The number of allylic oxidation sites excluding steroid dienone is 1. The monoisotopic (exact) mass is 195 g/mol. The molecule has 1 nitrogen and oxygen atoms in total. The number of aromatic nitrogens is 1. The average Bonchev–Trinajstić information content (AvgIpc) is 2.56. The van der Waals surface area contributed by atoms with Crippen LogP contribution in [0.25, 0.3) is 6.08 Å². The fourth-order valence-electron chi connectivity index (χ4n) is 0.787. The van der Waals surface area contributed by atoms with Crippen LogP contribution >= 0.6 is 24.0 Å². The summed E-state index contributed by atoms with van der Waals surface area (Å²) in [4.78, 5) is 4.04. The second-order valence-electron chi connectivity index (χ2n) is 2.11. The predicted molar refractivity (Wildman–Crippen MR) is 60.2 cm³/mol. The molecule has 0 saturated carbocycles. The summed E-state index contributed by atoms with van der Waals surface area (Å²) in [5.74, 6) is 0. The van der Waals surface area contributed by atoms with Crippen molar-refractivity contribution in [3.8, 4) is 0 Å². The van der Waals surface area contributed by atoms with Crippen molar-refractivity contribution < 1.29 is 0 Å². The van der Waals surface area contributed by atoms with Crippen LogP contribution in [0.3, 0.4) is 0 Å². The first-order valence-electron chi connectivity index (χ1n) is 3.44. The molecule has 0 aliphatic rings. The van der Waals surface area contributed by atoms with E-state index in [1.54, 1.807) is 10.8 Å². The van der Waals surface area contributed by atoms with Crippen molar-refractivity contribution in [3.63, 3.8) is 0 Å². The summed E-state index contributed by atoms with van der Waals surface area (Å²) in [6.45, 7) is 3.69. The Bertz CT molecular complexity index is 285. The van der Waals surface area contributed by atoms with E-state index >= 15 is 0 Å². The molecule has 0 aromatic carbocycles. The predicted octanol–water partition coefficient (Wildman–Crippen LogP) is 3.23. The maximum absolute atomic E-state index is 4.73. The molecule has 0 bridgehead atoms. The van der Waals surface area contributed by atoms with Gasteiger partial charge in [-0.25, -0.2) is 0 Å². The number of H-pyrrole nitrogens is 1. The lowest BCUT2D eigenvalue weighted by molar-refractivity contribution is 1.41. The van der Waals surface area contributed by atoms with E-state index in [1.165, 1.54) is 11.8 Å². The molecule has 0 spiro atoms. The molecule has 0 fully saturated rings. The van der Waals surface area contributed by atoms with Gasteiger partial charge in [0.1, 0.15) is 0 Å². The minimum absolute atomic E-state index is 1.06. The summed E-state index contributed by atoms with van der Waals surface area (Å²) >= 11 is 6.23. The normalized spacial score (nSPS) is 11.2. The van der Waals surface area contributed by atoms with Crippen molar-refractivity contribution in [1.82, 2.24) is 4.98 Å². The maximum Gasteiger partial charge on any atom is 0.0391 e. The van der Waals surface area contributed by atoms with Gasteiger partial charge in [-0.2, -0.15) is 0 Å². The van der Waals surface area contributed by atoms with E-state index in [1.807, 2.05) is 24.5 Å². The van der Waals surface area contributed by atoms with Gasteiger partial charge >= 0.3 is 0 Å². The quantitative estimate of drug-likeness (QED) is 0.586. The van der Waals surface area contributed by atoms with E-state index < -0.39 is 0 Å². The molecule has 0 atom stereocenters. The van der Waals surface area contributed by atoms with E-state index in [4.69, 9.17) is 12.2 Å². The van der Waals surface area contributed by atoms with E-state index in [9.17, 15) is 0 Å². The molecule has 0 unspecified atom stereocenters. The summed E-state index contributed by atoms with van der Waals surface area (Å²) in [6, 6.07) is 1.99. The molecule has 1 rings (SSSR count). The zero-order chi connectivity index (χ0) is 8.81. The minimum atomic E-state index is 1.06. The highest BCUT2D eigenvalue weighted by atomic mass is 32.2. The largest absolute Gasteiger partial charge is 0.367 e. The van der Waals surface area contributed by atoms with Crippen LogP contribution in [-0.2, 0) is 0 Å². The number of hydrogen-bond donors (Lipinski definition) is 1. The van der Waals surface area contributed by atoms with Crippen molar-refractivity contribution in [1.29, 1.82) is 0 Å². The SMILES string of the molecule is C=C/C(=C/c1cc[nH]c1)SC=S. The first-order valence-corrected chi connectivity index (χ1v) is 4.79. The van der Waals surface area contributed by atoms with Crippen LogP contribution in [0.2, 0.25) is 0 Å². The van der Waals surface area contributed by atoms with Gasteiger partial charge in [0.05, 0.1) is 0 Å². The number of aromatic amines is 1. The smallest absolute Gasteiger partial charge is 0.0391 e. The standard InChI is InChI=1S/C9H9NS2/c1-2-9(12-7-11)5-8-3-4-10-6-8/h2-7,10H,1H2/b9-5-. The van der Waals surface area contributed by atoms with Crippen LogP contribution in [0.1, 0.15) is 5.56 Å². The zero-order valence-electron chi connectivity index (χ0n) is 6.49. The molecule has 0 saturated heterocycles. The van der Waals surface area contributed by atoms with Crippen LogP contribution in [0.15, 0.2) is 36.0 Å². The van der Waals surface area contributed by atoms with Crippen molar-refractivity contribution >= 4 is 34.8 Å². The fraction of sp³-hybridized carbons (Fsp3) is 0. The lowest BCUT2D eigenvalue weighted by Crippen LogP contribution is -1.69. The lowest BCUT2D eigenvalue weighted by atomic mass is 10.3. The van der Waals surface area contributed by atoms with Crippen molar-refractivity contribution in [2.75, 3.05) is 0 Å². The number of thioether (sulfide) groups is 1. The number of nitrogens with one attached hydrogen (secondary N) is 1. The van der Waals surface area contributed by atoms with E-state index in [2.05, 4.69) is 11.6 Å². The first kappa shape index (κ1) is 9.29. The summed E-state index contributed by atoms with van der Waals surface area (Å²) in [7, 11) is 0. The fourth-order valence-corrected chi connectivity index (χ4v) is 1.53. The highest BCUT2D eigenvalue weighted by molar-refractivity contribution is 8.23. The lowest BCUT2D eigenvalue weighted by Gasteiger charge is -1.92. The van der Waals surface area contributed by atoms with E-state index in [0.717, 1.165) is 10.5 Å². The molecule has 1 aromatic heterocycles. The minimum Gasteiger partial charge on any atom is -0.367 e. The molecule has 3 heteroatoms. The van der Waals surface area contributed by atoms with Crippen molar-refractivity contribution in [3.05, 3.63) is 41.6 Å². The Morgan fingerprint density at radius 2 is 2.50 bits per heavy atom. The highest BCUT2D eigenvalue weighted by Gasteiger charge is 1.91. The highest BCUT2D eigenvalue weighted by Crippen LogP contribution is 2.17. The van der Waals surface area contributed by atoms with E-state index in [0.29, 0.717) is 0 Å². The van der Waals surface area contributed by atoms with Crippen LogP contribution in [-0.4, -0.2) is 9.68 Å². The van der Waals surface area contributed by atoms with Gasteiger partial charge < -0.3 is 4.98 Å². The summed E-state index contributed by atoms with van der Waals surface area (Å²) in [5, 5.41) is 0. The topological polar surface area (TPSA) is 15.8 Å². The molecule has 0 amide bonds. The summed E-state index contributed by atoms with van der Waals surface area (Å²) in [5.41, 5.74) is 1.13. The molecule has 62 valence electrons. The van der Waals surface area contributed by atoms with Crippen LogP contribution < -0.4 is 0 Å². The van der Waals surface area contributed by atoms with Gasteiger partial charge in [0, 0.05) is 22.0 Å². The molecule has 1 N–H and O–H groups in total. The Morgan fingerprint density at radius 1 is 1.67 bits per heavy atom. The zero-order valence-corrected chi connectivity index (χ0v) is 8.12. The Hall–Kier alpha value is -0.800. The van der Waals surface area contributed by atoms with Gasteiger partial charge in [0.2, 0.25) is 0 Å². The third kappa shape index (κ3) is 2.68. The van der Waals surface area contributed by atoms with Gasteiger partial charge in [-0.05, 0) is 17.7 Å².